The molecule has 0 fully saturated rings. The van der Waals surface area contributed by atoms with Gasteiger partial charge in [-0.15, -0.1) is 0 Å². The highest BCUT2D eigenvalue weighted by molar-refractivity contribution is 9.10. The molecule has 66 valence electrons. The lowest BCUT2D eigenvalue weighted by molar-refractivity contribution is 1.10. The van der Waals surface area contributed by atoms with E-state index in [-0.39, 0.29) is 0 Å². The standard InChI is InChI=1S/C10H9BrN2/c11-8-5-6-1-3-12-9(6)7-2-4-13-10(7)8/h2,4-5,12-13H,1,3H2. The Bertz CT molecular complexity index is 473. The SMILES string of the molecule is Brc1cc2c(c3cc[nH]c13)NCC2. The fourth-order valence-electron chi connectivity index (χ4n) is 1.97. The summed E-state index contributed by atoms with van der Waals surface area (Å²) in [5.41, 5.74) is 3.91. The van der Waals surface area contributed by atoms with Crippen molar-refractivity contribution < 1.29 is 0 Å². The molecule has 1 aromatic carbocycles. The van der Waals surface area contributed by atoms with Gasteiger partial charge in [-0.05, 0) is 40.0 Å². The van der Waals surface area contributed by atoms with Crippen molar-refractivity contribution in [2.75, 3.05) is 11.9 Å². The van der Waals surface area contributed by atoms with Gasteiger partial charge in [-0.3, -0.25) is 0 Å². The summed E-state index contributed by atoms with van der Waals surface area (Å²) in [5, 5.41) is 4.71. The van der Waals surface area contributed by atoms with E-state index in [9.17, 15) is 0 Å². The van der Waals surface area contributed by atoms with E-state index in [0.29, 0.717) is 0 Å². The fourth-order valence-corrected chi connectivity index (χ4v) is 2.58. The molecule has 1 aliphatic heterocycles. The summed E-state index contributed by atoms with van der Waals surface area (Å²) in [6, 6.07) is 4.32. The Hall–Kier alpha value is -0.960. The Morgan fingerprint density at radius 2 is 2.31 bits per heavy atom. The molecule has 2 heterocycles. The highest BCUT2D eigenvalue weighted by Gasteiger charge is 2.15. The Morgan fingerprint density at radius 1 is 1.38 bits per heavy atom. The molecule has 0 bridgehead atoms. The molecule has 0 saturated carbocycles. The smallest absolute Gasteiger partial charge is 0.0619 e. The zero-order valence-electron chi connectivity index (χ0n) is 7.02. The second-order valence-electron chi connectivity index (χ2n) is 3.34. The Balaban J connectivity index is 2.48. The van der Waals surface area contributed by atoms with Gasteiger partial charge in [-0.25, -0.2) is 0 Å². The van der Waals surface area contributed by atoms with E-state index in [1.807, 2.05) is 6.20 Å². The highest BCUT2D eigenvalue weighted by Crippen LogP contribution is 2.35. The maximum absolute atomic E-state index is 3.57. The lowest BCUT2D eigenvalue weighted by Gasteiger charge is -2.03. The molecule has 1 aliphatic rings. The van der Waals surface area contributed by atoms with Gasteiger partial charge >= 0.3 is 0 Å². The third-order valence-electron chi connectivity index (χ3n) is 2.57. The van der Waals surface area contributed by atoms with Gasteiger partial charge < -0.3 is 10.3 Å². The molecular weight excluding hydrogens is 228 g/mol. The van der Waals surface area contributed by atoms with Gasteiger partial charge in [-0.2, -0.15) is 0 Å². The third-order valence-corrected chi connectivity index (χ3v) is 3.20. The number of aromatic nitrogens is 1. The van der Waals surface area contributed by atoms with Gasteiger partial charge in [0.1, 0.15) is 0 Å². The highest BCUT2D eigenvalue weighted by atomic mass is 79.9. The average molecular weight is 237 g/mol. The van der Waals surface area contributed by atoms with Gasteiger partial charge in [0, 0.05) is 28.3 Å². The topological polar surface area (TPSA) is 27.8 Å². The van der Waals surface area contributed by atoms with E-state index in [2.05, 4.69) is 38.4 Å². The minimum Gasteiger partial charge on any atom is -0.384 e. The Morgan fingerprint density at radius 3 is 3.23 bits per heavy atom. The van der Waals surface area contributed by atoms with Crippen LogP contribution in [-0.4, -0.2) is 11.5 Å². The number of hydrogen-bond donors (Lipinski definition) is 2. The minimum atomic E-state index is 1.06. The fraction of sp³-hybridized carbons (Fsp3) is 0.200. The van der Waals surface area contributed by atoms with Crippen molar-refractivity contribution in [1.82, 2.24) is 4.98 Å². The summed E-state index contributed by atoms with van der Waals surface area (Å²) in [7, 11) is 0. The van der Waals surface area contributed by atoms with Crippen molar-refractivity contribution in [2.24, 2.45) is 0 Å². The molecule has 1 aromatic heterocycles. The van der Waals surface area contributed by atoms with Crippen molar-refractivity contribution in [3.05, 3.63) is 28.4 Å². The summed E-state index contributed by atoms with van der Waals surface area (Å²) in [5.74, 6) is 0. The molecular formula is C10H9BrN2. The lowest BCUT2D eigenvalue weighted by atomic mass is 10.1. The third kappa shape index (κ3) is 0.936. The first-order chi connectivity index (χ1) is 6.36. The molecule has 0 aliphatic carbocycles. The first kappa shape index (κ1) is 7.44. The molecule has 3 heteroatoms. The van der Waals surface area contributed by atoms with Crippen LogP contribution in [0, 0.1) is 0 Å². The van der Waals surface area contributed by atoms with Crippen LogP contribution >= 0.6 is 15.9 Å². The van der Waals surface area contributed by atoms with Crippen LogP contribution in [0.4, 0.5) is 5.69 Å². The number of rotatable bonds is 0. The number of halogens is 1. The summed E-state index contributed by atoms with van der Waals surface area (Å²) >= 11 is 3.57. The quantitative estimate of drug-likeness (QED) is 0.724. The molecule has 2 nitrogen and oxygen atoms in total. The largest absolute Gasteiger partial charge is 0.384 e. The zero-order chi connectivity index (χ0) is 8.84. The van der Waals surface area contributed by atoms with Gasteiger partial charge in [0.2, 0.25) is 0 Å². The van der Waals surface area contributed by atoms with Gasteiger partial charge in [0.25, 0.3) is 0 Å². The number of nitrogens with one attached hydrogen (secondary N) is 2. The summed E-state index contributed by atoms with van der Waals surface area (Å²) in [6.07, 6.45) is 3.12. The first-order valence-electron chi connectivity index (χ1n) is 4.38. The van der Waals surface area contributed by atoms with Crippen LogP contribution in [0.5, 0.6) is 0 Å². The van der Waals surface area contributed by atoms with Crippen LogP contribution in [0.1, 0.15) is 5.56 Å². The number of benzene rings is 1. The molecule has 0 spiro atoms. The Labute approximate surface area is 84.5 Å². The van der Waals surface area contributed by atoms with Gasteiger partial charge in [-0.1, -0.05) is 0 Å². The summed E-state index contributed by atoms with van der Waals surface area (Å²) in [4.78, 5) is 3.23. The normalized spacial score (nSPS) is 14.5. The van der Waals surface area contributed by atoms with Gasteiger partial charge in [0.05, 0.1) is 5.52 Å². The van der Waals surface area contributed by atoms with Crippen molar-refractivity contribution in [3.8, 4) is 0 Å². The van der Waals surface area contributed by atoms with Crippen LogP contribution in [0.25, 0.3) is 10.9 Å². The van der Waals surface area contributed by atoms with Gasteiger partial charge in [0.15, 0.2) is 0 Å². The van der Waals surface area contributed by atoms with E-state index in [4.69, 9.17) is 0 Å². The van der Waals surface area contributed by atoms with Crippen LogP contribution in [0.2, 0.25) is 0 Å². The predicted octanol–water partition coefficient (Wildman–Crippen LogP) is 2.90. The number of hydrogen-bond acceptors (Lipinski definition) is 1. The Kier molecular flexibility index (Phi) is 1.44. The van der Waals surface area contributed by atoms with Crippen molar-refractivity contribution in [1.29, 1.82) is 0 Å². The molecule has 13 heavy (non-hydrogen) atoms. The molecule has 3 rings (SSSR count). The monoisotopic (exact) mass is 236 g/mol. The molecule has 0 unspecified atom stereocenters. The number of H-pyrrole nitrogens is 1. The van der Waals surface area contributed by atoms with Crippen molar-refractivity contribution in [3.63, 3.8) is 0 Å². The number of fused-ring (bicyclic) bond motifs is 3. The molecule has 0 radical (unpaired) electrons. The van der Waals surface area contributed by atoms with Crippen LogP contribution in [0.3, 0.4) is 0 Å². The number of aromatic amines is 1. The van der Waals surface area contributed by atoms with E-state index >= 15 is 0 Å². The molecule has 2 aromatic rings. The van der Waals surface area contributed by atoms with E-state index < -0.39 is 0 Å². The first-order valence-corrected chi connectivity index (χ1v) is 5.18. The summed E-state index contributed by atoms with van der Waals surface area (Å²) < 4.78 is 1.16. The predicted molar refractivity (Wildman–Crippen MR) is 58.2 cm³/mol. The van der Waals surface area contributed by atoms with Crippen molar-refractivity contribution >= 4 is 32.5 Å². The van der Waals surface area contributed by atoms with Crippen molar-refractivity contribution in [2.45, 2.75) is 6.42 Å². The van der Waals surface area contributed by atoms with E-state index in [1.165, 1.54) is 22.2 Å². The molecule has 0 amide bonds. The maximum atomic E-state index is 3.57. The maximum Gasteiger partial charge on any atom is 0.0619 e. The van der Waals surface area contributed by atoms with E-state index in [0.717, 1.165) is 17.4 Å². The molecule has 2 N–H and O–H groups in total. The van der Waals surface area contributed by atoms with Crippen LogP contribution in [-0.2, 0) is 6.42 Å². The number of anilines is 1. The zero-order valence-corrected chi connectivity index (χ0v) is 8.61. The van der Waals surface area contributed by atoms with Crippen LogP contribution in [0.15, 0.2) is 22.8 Å². The van der Waals surface area contributed by atoms with Crippen LogP contribution < -0.4 is 5.32 Å². The second-order valence-corrected chi connectivity index (χ2v) is 4.19. The minimum absolute atomic E-state index is 1.06. The molecule has 0 atom stereocenters. The summed E-state index contributed by atoms with van der Waals surface area (Å²) in [6.45, 7) is 1.06. The molecule has 0 saturated heterocycles. The lowest BCUT2D eigenvalue weighted by Crippen LogP contribution is -1.91. The van der Waals surface area contributed by atoms with E-state index in [1.54, 1.807) is 0 Å². The second kappa shape index (κ2) is 2.51. The average Bonchev–Trinajstić information content (AvgIpc) is 2.66.